The fourth-order valence-corrected chi connectivity index (χ4v) is 2.43. The van der Waals surface area contributed by atoms with Gasteiger partial charge >= 0.3 is 0 Å². The highest BCUT2D eigenvalue weighted by Gasteiger charge is 2.07. The lowest BCUT2D eigenvalue weighted by molar-refractivity contribution is 0.489. The normalized spacial score (nSPS) is 11.1. The zero-order chi connectivity index (χ0) is 13.2. The Balaban J connectivity index is 1.78. The van der Waals surface area contributed by atoms with Crippen LogP contribution < -0.4 is 0 Å². The van der Waals surface area contributed by atoms with E-state index in [1.807, 2.05) is 38.1 Å². The van der Waals surface area contributed by atoms with Gasteiger partial charge in [0, 0.05) is 0 Å². The summed E-state index contributed by atoms with van der Waals surface area (Å²) >= 11 is 1.58. The van der Waals surface area contributed by atoms with E-state index in [1.165, 1.54) is 0 Å². The van der Waals surface area contributed by atoms with E-state index in [0.717, 1.165) is 33.4 Å². The standard InChI is InChI=1S/C14H13N3OS/c1-9-10(2)18-13(16-9)8-19-14-7-15-11-5-3-4-6-12(11)17-14/h3-7H,8H2,1-2H3. The minimum absolute atomic E-state index is 0.668. The van der Waals surface area contributed by atoms with Gasteiger partial charge in [0.05, 0.1) is 28.7 Å². The highest BCUT2D eigenvalue weighted by atomic mass is 32.2. The van der Waals surface area contributed by atoms with E-state index in [2.05, 4.69) is 15.0 Å². The second-order valence-corrected chi connectivity index (χ2v) is 5.23. The van der Waals surface area contributed by atoms with Crippen molar-refractivity contribution in [2.24, 2.45) is 0 Å². The summed E-state index contributed by atoms with van der Waals surface area (Å²) in [6.07, 6.45) is 1.79. The van der Waals surface area contributed by atoms with Gasteiger partial charge in [0.25, 0.3) is 0 Å². The molecule has 19 heavy (non-hydrogen) atoms. The van der Waals surface area contributed by atoms with Crippen molar-refractivity contribution in [1.29, 1.82) is 0 Å². The molecule has 0 saturated carbocycles. The van der Waals surface area contributed by atoms with Crippen LogP contribution in [0.5, 0.6) is 0 Å². The molecule has 0 aliphatic carbocycles. The van der Waals surface area contributed by atoms with E-state index >= 15 is 0 Å². The minimum Gasteiger partial charge on any atom is -0.445 e. The molecule has 0 saturated heterocycles. The molecule has 0 N–H and O–H groups in total. The van der Waals surface area contributed by atoms with Gasteiger partial charge in [-0.25, -0.2) is 9.97 Å². The van der Waals surface area contributed by atoms with Crippen molar-refractivity contribution in [2.75, 3.05) is 0 Å². The third-order valence-electron chi connectivity index (χ3n) is 2.84. The molecule has 0 aliphatic heterocycles. The highest BCUT2D eigenvalue weighted by Crippen LogP contribution is 2.22. The number of aryl methyl sites for hydroxylation is 2. The van der Waals surface area contributed by atoms with Gasteiger partial charge in [-0.3, -0.25) is 4.98 Å². The van der Waals surface area contributed by atoms with Crippen molar-refractivity contribution < 1.29 is 4.42 Å². The maximum absolute atomic E-state index is 5.54. The first-order chi connectivity index (χ1) is 9.22. The maximum Gasteiger partial charge on any atom is 0.205 e. The number of aromatic nitrogens is 3. The molecule has 0 unspecified atom stereocenters. The lowest BCUT2D eigenvalue weighted by Crippen LogP contribution is -1.87. The van der Waals surface area contributed by atoms with E-state index < -0.39 is 0 Å². The summed E-state index contributed by atoms with van der Waals surface area (Å²) < 4.78 is 5.54. The second kappa shape index (κ2) is 5.01. The Bertz CT molecular complexity index is 704. The molecule has 4 nitrogen and oxygen atoms in total. The van der Waals surface area contributed by atoms with Gasteiger partial charge in [-0.15, -0.1) is 0 Å². The molecule has 0 atom stereocenters. The summed E-state index contributed by atoms with van der Waals surface area (Å²) in [5.41, 5.74) is 2.77. The molecule has 1 aromatic carbocycles. The van der Waals surface area contributed by atoms with Gasteiger partial charge < -0.3 is 4.42 Å². The third kappa shape index (κ3) is 2.61. The zero-order valence-electron chi connectivity index (χ0n) is 10.8. The quantitative estimate of drug-likeness (QED) is 0.682. The third-order valence-corrected chi connectivity index (χ3v) is 3.73. The Morgan fingerprint density at radius 1 is 1.11 bits per heavy atom. The largest absolute Gasteiger partial charge is 0.445 e. The SMILES string of the molecule is Cc1nc(CSc2cnc3ccccc3n2)oc1C. The van der Waals surface area contributed by atoms with Crippen LogP contribution in [0.15, 0.2) is 39.9 Å². The average molecular weight is 271 g/mol. The molecular formula is C14H13N3OS. The van der Waals surface area contributed by atoms with Crippen LogP contribution in [0.1, 0.15) is 17.3 Å². The van der Waals surface area contributed by atoms with Crippen molar-refractivity contribution in [3.8, 4) is 0 Å². The summed E-state index contributed by atoms with van der Waals surface area (Å²) in [4.78, 5) is 13.3. The Morgan fingerprint density at radius 2 is 1.89 bits per heavy atom. The number of benzene rings is 1. The van der Waals surface area contributed by atoms with Gasteiger partial charge in [-0.05, 0) is 26.0 Å². The van der Waals surface area contributed by atoms with E-state index in [4.69, 9.17) is 4.42 Å². The topological polar surface area (TPSA) is 51.8 Å². The van der Waals surface area contributed by atoms with Crippen LogP contribution in [-0.2, 0) is 5.75 Å². The van der Waals surface area contributed by atoms with E-state index in [-0.39, 0.29) is 0 Å². The van der Waals surface area contributed by atoms with Crippen LogP contribution >= 0.6 is 11.8 Å². The van der Waals surface area contributed by atoms with Crippen LogP contribution in [0.2, 0.25) is 0 Å². The number of rotatable bonds is 3. The van der Waals surface area contributed by atoms with E-state index in [1.54, 1.807) is 18.0 Å². The van der Waals surface area contributed by atoms with Crippen molar-refractivity contribution in [3.63, 3.8) is 0 Å². The minimum atomic E-state index is 0.668. The van der Waals surface area contributed by atoms with Gasteiger partial charge in [0.2, 0.25) is 5.89 Å². The molecule has 2 heterocycles. The maximum atomic E-state index is 5.54. The molecular weight excluding hydrogens is 258 g/mol. The van der Waals surface area contributed by atoms with Crippen LogP contribution in [-0.4, -0.2) is 15.0 Å². The van der Waals surface area contributed by atoms with Crippen molar-refractivity contribution >= 4 is 22.8 Å². The number of thioether (sulfide) groups is 1. The Hall–Kier alpha value is -1.88. The average Bonchev–Trinajstić information content (AvgIpc) is 2.75. The predicted molar refractivity (Wildman–Crippen MR) is 75.1 cm³/mol. The first-order valence-electron chi connectivity index (χ1n) is 6.00. The molecule has 3 rings (SSSR count). The Labute approximate surface area is 115 Å². The summed E-state index contributed by atoms with van der Waals surface area (Å²) in [6.45, 7) is 3.87. The number of nitrogens with zero attached hydrogens (tertiary/aromatic N) is 3. The Kier molecular flexibility index (Phi) is 3.21. The molecule has 3 aromatic rings. The van der Waals surface area contributed by atoms with Crippen LogP contribution in [0, 0.1) is 13.8 Å². The van der Waals surface area contributed by atoms with Gasteiger partial charge in [-0.1, -0.05) is 23.9 Å². The molecule has 0 radical (unpaired) electrons. The lowest BCUT2D eigenvalue weighted by atomic mass is 10.3. The van der Waals surface area contributed by atoms with Crippen molar-refractivity contribution in [2.45, 2.75) is 24.6 Å². The number of para-hydroxylation sites is 2. The first kappa shape index (κ1) is 12.2. The van der Waals surface area contributed by atoms with Crippen molar-refractivity contribution in [1.82, 2.24) is 15.0 Å². The van der Waals surface area contributed by atoms with Gasteiger partial charge in [-0.2, -0.15) is 0 Å². The molecule has 0 spiro atoms. The van der Waals surface area contributed by atoms with Crippen LogP contribution in [0.4, 0.5) is 0 Å². The summed E-state index contributed by atoms with van der Waals surface area (Å²) in [5, 5.41) is 0.882. The van der Waals surface area contributed by atoms with Crippen LogP contribution in [0.25, 0.3) is 11.0 Å². The van der Waals surface area contributed by atoms with Gasteiger partial charge in [0.15, 0.2) is 0 Å². The molecule has 5 heteroatoms. The summed E-state index contributed by atoms with van der Waals surface area (Å²) in [7, 11) is 0. The second-order valence-electron chi connectivity index (χ2n) is 4.23. The monoisotopic (exact) mass is 271 g/mol. The fraction of sp³-hybridized carbons (Fsp3) is 0.214. The lowest BCUT2D eigenvalue weighted by Gasteiger charge is -2.00. The summed E-state index contributed by atoms with van der Waals surface area (Å²) in [6, 6.07) is 7.85. The zero-order valence-corrected chi connectivity index (χ0v) is 11.6. The molecule has 96 valence electrons. The molecule has 0 fully saturated rings. The molecule has 0 amide bonds. The first-order valence-corrected chi connectivity index (χ1v) is 6.98. The highest BCUT2D eigenvalue weighted by molar-refractivity contribution is 7.98. The molecule has 2 aromatic heterocycles. The van der Waals surface area contributed by atoms with Crippen molar-refractivity contribution in [3.05, 3.63) is 47.8 Å². The fourth-order valence-electron chi connectivity index (χ4n) is 1.75. The van der Waals surface area contributed by atoms with Gasteiger partial charge in [0.1, 0.15) is 10.8 Å². The number of hydrogen-bond acceptors (Lipinski definition) is 5. The summed E-state index contributed by atoms with van der Waals surface area (Å²) in [5.74, 6) is 2.27. The van der Waals surface area contributed by atoms with Crippen LogP contribution in [0.3, 0.4) is 0 Å². The number of fused-ring (bicyclic) bond motifs is 1. The molecule has 0 bridgehead atoms. The number of hydrogen-bond donors (Lipinski definition) is 0. The van der Waals surface area contributed by atoms with E-state index in [9.17, 15) is 0 Å². The Morgan fingerprint density at radius 3 is 2.63 bits per heavy atom. The van der Waals surface area contributed by atoms with E-state index in [0.29, 0.717) is 5.75 Å². The predicted octanol–water partition coefficient (Wildman–Crippen LogP) is 3.53. The molecule has 0 aliphatic rings. The smallest absolute Gasteiger partial charge is 0.205 e. The number of oxazole rings is 1.